The summed E-state index contributed by atoms with van der Waals surface area (Å²) in [6, 6.07) is 3.70. The lowest BCUT2D eigenvalue weighted by atomic mass is 10.4. The number of esters is 1. The molecule has 0 aliphatic heterocycles. The van der Waals surface area contributed by atoms with E-state index in [1.54, 1.807) is 29.9 Å². The van der Waals surface area contributed by atoms with E-state index in [1.165, 1.54) is 0 Å². The van der Waals surface area contributed by atoms with Gasteiger partial charge in [0, 0.05) is 19.3 Å². The van der Waals surface area contributed by atoms with Crippen LogP contribution in [0.15, 0.2) is 18.3 Å². The van der Waals surface area contributed by atoms with Crippen LogP contribution in [0.4, 0.5) is 0 Å². The number of aryl methyl sites for hydroxylation is 1. The Bertz CT molecular complexity index is 407. The van der Waals surface area contributed by atoms with Gasteiger partial charge >= 0.3 is 5.97 Å². The van der Waals surface area contributed by atoms with Crippen molar-refractivity contribution in [2.45, 2.75) is 18.9 Å². The molecule has 0 saturated heterocycles. The van der Waals surface area contributed by atoms with E-state index >= 15 is 0 Å². The second-order valence-corrected chi connectivity index (χ2v) is 3.92. The fourth-order valence-electron chi connectivity index (χ4n) is 1.38. The topological polar surface area (TPSA) is 60.3 Å². The fourth-order valence-corrected chi connectivity index (χ4v) is 1.38. The van der Waals surface area contributed by atoms with E-state index < -0.39 is 5.97 Å². The predicted molar refractivity (Wildman–Crippen MR) is 56.9 cm³/mol. The van der Waals surface area contributed by atoms with E-state index in [1.807, 2.05) is 0 Å². The van der Waals surface area contributed by atoms with Gasteiger partial charge in [0.1, 0.15) is 5.69 Å². The Morgan fingerprint density at radius 1 is 1.56 bits per heavy atom. The first kappa shape index (κ1) is 10.7. The maximum atomic E-state index is 11.5. The van der Waals surface area contributed by atoms with Crippen molar-refractivity contribution in [3.8, 4) is 0 Å². The second kappa shape index (κ2) is 4.38. The zero-order valence-electron chi connectivity index (χ0n) is 9.10. The van der Waals surface area contributed by atoms with Gasteiger partial charge in [-0.05, 0) is 25.0 Å². The molecule has 0 atom stereocenters. The molecule has 0 aromatic carbocycles. The Hall–Kier alpha value is -1.78. The molecule has 0 radical (unpaired) electrons. The van der Waals surface area contributed by atoms with Crippen LogP contribution in [0, 0.1) is 0 Å². The maximum absolute atomic E-state index is 11.5. The number of carbonyl (C=O) groups is 2. The lowest BCUT2D eigenvalue weighted by molar-refractivity contribution is -0.124. The van der Waals surface area contributed by atoms with E-state index in [-0.39, 0.29) is 12.5 Å². The average Bonchev–Trinajstić information content (AvgIpc) is 2.95. The van der Waals surface area contributed by atoms with Crippen molar-refractivity contribution >= 4 is 11.9 Å². The number of aromatic nitrogens is 1. The van der Waals surface area contributed by atoms with Crippen molar-refractivity contribution in [1.29, 1.82) is 0 Å². The van der Waals surface area contributed by atoms with Gasteiger partial charge in [-0.15, -0.1) is 0 Å². The summed E-state index contributed by atoms with van der Waals surface area (Å²) in [5.41, 5.74) is 0.444. The quantitative estimate of drug-likeness (QED) is 0.753. The molecule has 1 heterocycles. The van der Waals surface area contributed by atoms with Crippen LogP contribution in [0.25, 0.3) is 0 Å². The van der Waals surface area contributed by atoms with Crippen molar-refractivity contribution in [3.63, 3.8) is 0 Å². The first-order valence-electron chi connectivity index (χ1n) is 5.24. The summed E-state index contributed by atoms with van der Waals surface area (Å²) in [5.74, 6) is -0.705. The van der Waals surface area contributed by atoms with Gasteiger partial charge in [-0.1, -0.05) is 0 Å². The summed E-state index contributed by atoms with van der Waals surface area (Å²) in [4.78, 5) is 22.8. The molecule has 1 fully saturated rings. The zero-order chi connectivity index (χ0) is 11.5. The van der Waals surface area contributed by atoms with Crippen LogP contribution in [0.3, 0.4) is 0 Å². The summed E-state index contributed by atoms with van der Waals surface area (Å²) in [5, 5.41) is 2.75. The molecule has 1 saturated carbocycles. The fraction of sp³-hybridized carbons (Fsp3) is 0.455. The van der Waals surface area contributed by atoms with Crippen LogP contribution in [-0.4, -0.2) is 29.1 Å². The Morgan fingerprint density at radius 2 is 2.31 bits per heavy atom. The maximum Gasteiger partial charge on any atom is 0.355 e. The van der Waals surface area contributed by atoms with Crippen molar-refractivity contribution < 1.29 is 14.3 Å². The Kier molecular flexibility index (Phi) is 2.94. The number of nitrogens with zero attached hydrogens (tertiary/aromatic N) is 1. The van der Waals surface area contributed by atoms with Crippen molar-refractivity contribution in [3.05, 3.63) is 24.0 Å². The van der Waals surface area contributed by atoms with Gasteiger partial charge in [0.2, 0.25) is 0 Å². The number of carbonyl (C=O) groups excluding carboxylic acids is 2. The molecule has 0 spiro atoms. The normalized spacial score (nSPS) is 14.6. The molecule has 1 aliphatic carbocycles. The standard InChI is InChI=1S/C11H14N2O3/c1-13-6-2-3-9(13)11(15)16-7-10(14)12-8-4-5-8/h2-3,6,8H,4-5,7H2,1H3,(H,12,14). The van der Waals surface area contributed by atoms with Gasteiger partial charge in [-0.25, -0.2) is 4.79 Å². The third-order valence-electron chi connectivity index (χ3n) is 2.43. The number of nitrogens with one attached hydrogen (secondary N) is 1. The number of hydrogen-bond donors (Lipinski definition) is 1. The highest BCUT2D eigenvalue weighted by Crippen LogP contribution is 2.18. The molecule has 86 valence electrons. The molecule has 5 heteroatoms. The minimum atomic E-state index is -0.474. The van der Waals surface area contributed by atoms with Gasteiger partial charge in [0.25, 0.3) is 5.91 Å². The van der Waals surface area contributed by atoms with Crippen LogP contribution < -0.4 is 5.32 Å². The second-order valence-electron chi connectivity index (χ2n) is 3.92. The van der Waals surface area contributed by atoms with Gasteiger partial charge in [0.05, 0.1) is 0 Å². The molecule has 1 amide bonds. The van der Waals surface area contributed by atoms with Crippen LogP contribution in [-0.2, 0) is 16.6 Å². The molecule has 0 unspecified atom stereocenters. The highest BCUT2D eigenvalue weighted by molar-refractivity contribution is 5.90. The first-order valence-corrected chi connectivity index (χ1v) is 5.24. The Balaban J connectivity index is 1.79. The summed E-state index contributed by atoms with van der Waals surface area (Å²) in [6.45, 7) is -0.208. The smallest absolute Gasteiger partial charge is 0.355 e. The number of amides is 1. The minimum Gasteiger partial charge on any atom is -0.451 e. The van der Waals surface area contributed by atoms with E-state index in [0.29, 0.717) is 11.7 Å². The van der Waals surface area contributed by atoms with Crippen LogP contribution in [0.1, 0.15) is 23.3 Å². The van der Waals surface area contributed by atoms with E-state index in [4.69, 9.17) is 4.74 Å². The van der Waals surface area contributed by atoms with Crippen LogP contribution >= 0.6 is 0 Å². The number of ether oxygens (including phenoxy) is 1. The highest BCUT2D eigenvalue weighted by atomic mass is 16.5. The summed E-state index contributed by atoms with van der Waals surface area (Å²) >= 11 is 0. The molecule has 1 aromatic heterocycles. The minimum absolute atomic E-state index is 0.208. The summed E-state index contributed by atoms with van der Waals surface area (Å²) in [6.07, 6.45) is 3.80. The Labute approximate surface area is 93.4 Å². The van der Waals surface area contributed by atoms with Gasteiger partial charge in [0.15, 0.2) is 6.61 Å². The van der Waals surface area contributed by atoms with Crippen molar-refractivity contribution in [1.82, 2.24) is 9.88 Å². The average molecular weight is 222 g/mol. The van der Waals surface area contributed by atoms with Gasteiger partial charge in [-0.2, -0.15) is 0 Å². The Morgan fingerprint density at radius 3 is 2.88 bits per heavy atom. The third-order valence-corrected chi connectivity index (χ3v) is 2.43. The SMILES string of the molecule is Cn1cccc1C(=O)OCC(=O)NC1CC1. The molecule has 0 bridgehead atoms. The van der Waals surface area contributed by atoms with Crippen LogP contribution in [0.5, 0.6) is 0 Å². The molecule has 5 nitrogen and oxygen atoms in total. The number of rotatable bonds is 4. The molecular weight excluding hydrogens is 208 g/mol. The molecular formula is C11H14N2O3. The third kappa shape index (κ3) is 2.62. The van der Waals surface area contributed by atoms with E-state index in [0.717, 1.165) is 12.8 Å². The molecule has 1 aliphatic rings. The van der Waals surface area contributed by atoms with Gasteiger partial charge in [-0.3, -0.25) is 4.79 Å². The van der Waals surface area contributed by atoms with E-state index in [2.05, 4.69) is 5.32 Å². The summed E-state index contributed by atoms with van der Waals surface area (Å²) < 4.78 is 6.54. The van der Waals surface area contributed by atoms with Crippen molar-refractivity contribution in [2.75, 3.05) is 6.61 Å². The zero-order valence-corrected chi connectivity index (χ0v) is 9.10. The molecule has 1 aromatic rings. The lowest BCUT2D eigenvalue weighted by Crippen LogP contribution is -2.30. The summed E-state index contributed by atoms with van der Waals surface area (Å²) in [7, 11) is 1.75. The van der Waals surface area contributed by atoms with Crippen molar-refractivity contribution in [2.24, 2.45) is 7.05 Å². The first-order chi connectivity index (χ1) is 7.66. The molecule has 16 heavy (non-hydrogen) atoms. The van der Waals surface area contributed by atoms with Gasteiger partial charge < -0.3 is 14.6 Å². The number of hydrogen-bond acceptors (Lipinski definition) is 3. The predicted octanol–water partition coefficient (Wildman–Crippen LogP) is 0.460. The monoisotopic (exact) mass is 222 g/mol. The molecule has 1 N–H and O–H groups in total. The molecule has 2 rings (SSSR count). The highest BCUT2D eigenvalue weighted by Gasteiger charge is 2.23. The van der Waals surface area contributed by atoms with E-state index in [9.17, 15) is 9.59 Å². The lowest BCUT2D eigenvalue weighted by Gasteiger charge is -2.05. The largest absolute Gasteiger partial charge is 0.451 e. The van der Waals surface area contributed by atoms with Crippen LogP contribution in [0.2, 0.25) is 0 Å².